The Bertz CT molecular complexity index is 205. The van der Waals surface area contributed by atoms with E-state index in [2.05, 4.69) is 52.6 Å². The van der Waals surface area contributed by atoms with E-state index in [1.165, 1.54) is 19.3 Å². The van der Waals surface area contributed by atoms with Crippen molar-refractivity contribution in [1.29, 1.82) is 0 Å². The highest BCUT2D eigenvalue weighted by atomic mass is 28.3. The van der Waals surface area contributed by atoms with Gasteiger partial charge in [-0.1, -0.05) is 54.0 Å². The maximum atomic E-state index is 3.56. The van der Waals surface area contributed by atoms with Crippen LogP contribution in [0.2, 0.25) is 11.6 Å². The lowest BCUT2D eigenvalue weighted by Crippen LogP contribution is -2.25. The number of hydrogen-bond donors (Lipinski definition) is 0. The lowest BCUT2D eigenvalue weighted by Gasteiger charge is -2.29. The smallest absolute Gasteiger partial charge is 0.125 e. The molecule has 2 atom stereocenters. The van der Waals surface area contributed by atoms with Gasteiger partial charge in [-0.15, -0.1) is 11.5 Å². The molecule has 0 aliphatic heterocycles. The van der Waals surface area contributed by atoms with Crippen molar-refractivity contribution < 1.29 is 0 Å². The van der Waals surface area contributed by atoms with Gasteiger partial charge in [-0.05, 0) is 11.5 Å². The summed E-state index contributed by atoms with van der Waals surface area (Å²) in [6, 6.07) is 0. The van der Waals surface area contributed by atoms with Gasteiger partial charge in [0, 0.05) is 5.92 Å². The molecule has 0 aromatic heterocycles. The van der Waals surface area contributed by atoms with E-state index in [1.54, 1.807) is 0 Å². The van der Waals surface area contributed by atoms with Gasteiger partial charge in [0.05, 0.1) is 0 Å². The minimum Gasteiger partial charge on any atom is -0.135 e. The van der Waals surface area contributed by atoms with Crippen molar-refractivity contribution in [3.63, 3.8) is 0 Å². The fraction of sp³-hybridized carbons (Fsp3) is 0.846. The van der Waals surface area contributed by atoms with Crippen molar-refractivity contribution in [2.24, 2.45) is 5.92 Å². The maximum Gasteiger partial charge on any atom is 0.125 e. The van der Waals surface area contributed by atoms with E-state index in [-0.39, 0.29) is 0 Å². The van der Waals surface area contributed by atoms with E-state index in [9.17, 15) is 0 Å². The average Bonchev–Trinajstić information content (AvgIpc) is 2.23. The first-order chi connectivity index (χ1) is 6.50. The zero-order chi connectivity index (χ0) is 11.2. The second-order valence-electron chi connectivity index (χ2n) is 4.68. The highest BCUT2D eigenvalue weighted by molar-refractivity contribution is 6.69. The Morgan fingerprint density at radius 3 is 2.07 bits per heavy atom. The standard InChI is InChI=1S/C13H26Si/c1-7-12(4)10-11-14(6)13(5,8-2)9-3/h12,14H,7-9H2,1-6H3. The lowest BCUT2D eigenvalue weighted by molar-refractivity contribution is 0.558. The second kappa shape index (κ2) is 6.30. The van der Waals surface area contributed by atoms with Gasteiger partial charge < -0.3 is 0 Å². The molecule has 0 aliphatic carbocycles. The third-order valence-corrected chi connectivity index (χ3v) is 7.33. The second-order valence-corrected chi connectivity index (χ2v) is 7.81. The van der Waals surface area contributed by atoms with Crippen LogP contribution < -0.4 is 0 Å². The van der Waals surface area contributed by atoms with Crippen molar-refractivity contribution in [1.82, 2.24) is 0 Å². The quantitative estimate of drug-likeness (QED) is 0.486. The predicted molar refractivity (Wildman–Crippen MR) is 69.2 cm³/mol. The molecule has 0 nitrogen and oxygen atoms in total. The van der Waals surface area contributed by atoms with Crippen LogP contribution >= 0.6 is 0 Å². The molecule has 0 radical (unpaired) electrons. The van der Waals surface area contributed by atoms with Gasteiger partial charge in [0.2, 0.25) is 0 Å². The Balaban J connectivity index is 4.42. The molecule has 0 aromatic rings. The van der Waals surface area contributed by atoms with E-state index >= 15 is 0 Å². The van der Waals surface area contributed by atoms with Crippen LogP contribution in [0.4, 0.5) is 0 Å². The lowest BCUT2D eigenvalue weighted by atomic mass is 10.1. The van der Waals surface area contributed by atoms with Gasteiger partial charge in [-0.3, -0.25) is 0 Å². The molecule has 0 heterocycles. The number of rotatable bonds is 4. The summed E-state index contributed by atoms with van der Waals surface area (Å²) in [6.45, 7) is 13.9. The Morgan fingerprint density at radius 1 is 1.21 bits per heavy atom. The molecule has 0 bridgehead atoms. The Hall–Kier alpha value is -0.223. The third kappa shape index (κ3) is 3.88. The van der Waals surface area contributed by atoms with Gasteiger partial charge in [-0.25, -0.2) is 0 Å². The van der Waals surface area contributed by atoms with Gasteiger partial charge in [0.15, 0.2) is 0 Å². The van der Waals surface area contributed by atoms with E-state index in [0.717, 1.165) is 0 Å². The molecule has 0 N–H and O–H groups in total. The number of hydrogen-bond acceptors (Lipinski definition) is 0. The first-order valence-corrected chi connectivity index (χ1v) is 8.32. The molecular weight excluding hydrogens is 184 g/mol. The zero-order valence-corrected chi connectivity index (χ0v) is 11.9. The van der Waals surface area contributed by atoms with Crippen LogP contribution in [0.25, 0.3) is 0 Å². The molecule has 2 unspecified atom stereocenters. The van der Waals surface area contributed by atoms with Gasteiger partial charge in [0.25, 0.3) is 0 Å². The molecule has 1 heteroatoms. The normalized spacial score (nSPS) is 15.6. The fourth-order valence-electron chi connectivity index (χ4n) is 1.41. The van der Waals surface area contributed by atoms with Crippen LogP contribution in [-0.4, -0.2) is 8.80 Å². The Labute approximate surface area is 92.1 Å². The largest absolute Gasteiger partial charge is 0.135 e. The molecule has 0 fully saturated rings. The molecular formula is C13H26Si. The van der Waals surface area contributed by atoms with Crippen molar-refractivity contribution in [2.45, 2.75) is 65.5 Å². The Kier molecular flexibility index (Phi) is 6.20. The van der Waals surface area contributed by atoms with E-state index in [0.29, 0.717) is 11.0 Å². The highest BCUT2D eigenvalue weighted by Crippen LogP contribution is 2.36. The molecule has 0 saturated heterocycles. The minimum atomic E-state index is -0.863. The molecule has 0 aliphatic rings. The maximum absolute atomic E-state index is 3.56. The first kappa shape index (κ1) is 13.8. The average molecular weight is 210 g/mol. The van der Waals surface area contributed by atoms with Crippen LogP contribution in [0.3, 0.4) is 0 Å². The van der Waals surface area contributed by atoms with Crippen molar-refractivity contribution in [3.8, 4) is 11.5 Å². The van der Waals surface area contributed by atoms with Crippen LogP contribution in [0.15, 0.2) is 0 Å². The van der Waals surface area contributed by atoms with Crippen LogP contribution in [-0.2, 0) is 0 Å². The van der Waals surface area contributed by atoms with Crippen LogP contribution in [0.1, 0.15) is 53.9 Å². The van der Waals surface area contributed by atoms with Crippen molar-refractivity contribution in [2.75, 3.05) is 0 Å². The van der Waals surface area contributed by atoms with E-state index in [4.69, 9.17) is 0 Å². The first-order valence-electron chi connectivity index (χ1n) is 6.01. The molecule has 82 valence electrons. The monoisotopic (exact) mass is 210 g/mol. The van der Waals surface area contributed by atoms with Crippen molar-refractivity contribution in [3.05, 3.63) is 0 Å². The van der Waals surface area contributed by atoms with Crippen LogP contribution in [0, 0.1) is 17.4 Å². The SMILES string of the molecule is CCC(C)C#C[SiH](C)C(C)(CC)CC. The summed E-state index contributed by atoms with van der Waals surface area (Å²) in [5.41, 5.74) is 3.56. The summed E-state index contributed by atoms with van der Waals surface area (Å²) in [5, 5.41) is 0.542. The molecule has 0 aromatic carbocycles. The molecule has 0 saturated carbocycles. The highest BCUT2D eigenvalue weighted by Gasteiger charge is 2.27. The van der Waals surface area contributed by atoms with Crippen LogP contribution in [0.5, 0.6) is 0 Å². The van der Waals surface area contributed by atoms with Gasteiger partial charge in [0.1, 0.15) is 8.80 Å². The topological polar surface area (TPSA) is 0 Å². The summed E-state index contributed by atoms with van der Waals surface area (Å²) in [5.74, 6) is 4.00. The van der Waals surface area contributed by atoms with E-state index in [1.807, 2.05) is 0 Å². The van der Waals surface area contributed by atoms with Gasteiger partial charge >= 0.3 is 0 Å². The summed E-state index contributed by atoms with van der Waals surface area (Å²) in [4.78, 5) is 0. The van der Waals surface area contributed by atoms with Crippen molar-refractivity contribution >= 4 is 8.80 Å². The molecule has 14 heavy (non-hydrogen) atoms. The van der Waals surface area contributed by atoms with E-state index < -0.39 is 8.80 Å². The summed E-state index contributed by atoms with van der Waals surface area (Å²) < 4.78 is 0. The third-order valence-electron chi connectivity index (χ3n) is 3.82. The van der Waals surface area contributed by atoms with Gasteiger partial charge in [-0.2, -0.15) is 0 Å². The molecule has 0 rings (SSSR count). The zero-order valence-electron chi connectivity index (χ0n) is 10.8. The Morgan fingerprint density at radius 2 is 1.71 bits per heavy atom. The summed E-state index contributed by atoms with van der Waals surface area (Å²) >= 11 is 0. The predicted octanol–water partition coefficient (Wildman–Crippen LogP) is 4.01. The minimum absolute atomic E-state index is 0.542. The molecule has 0 spiro atoms. The fourth-order valence-corrected chi connectivity index (χ4v) is 3.51. The molecule has 0 amide bonds. The summed E-state index contributed by atoms with van der Waals surface area (Å²) in [6.07, 6.45) is 3.75. The summed E-state index contributed by atoms with van der Waals surface area (Å²) in [7, 11) is -0.863.